The Morgan fingerprint density at radius 2 is 2.45 bits per heavy atom. The molecule has 2 aliphatic carbocycles. The fraction of sp³-hybridized carbons (Fsp3) is 0.667. The number of fused-ring (bicyclic) bond motifs is 1. The van der Waals surface area contributed by atoms with Gasteiger partial charge >= 0.3 is 0 Å². The highest BCUT2D eigenvalue weighted by atomic mass is 14.9. The summed E-state index contributed by atoms with van der Waals surface area (Å²) < 4.78 is 0. The number of allylic oxidation sites excluding steroid dienone is 2. The summed E-state index contributed by atoms with van der Waals surface area (Å²) in [6.07, 6.45) is 8.10. The van der Waals surface area contributed by atoms with Crippen LogP contribution in [0.25, 0.3) is 5.53 Å². The van der Waals surface area contributed by atoms with Gasteiger partial charge in [0.05, 0.1) is 12.8 Å². The van der Waals surface area contributed by atoms with Crippen LogP contribution >= 0.6 is 0 Å². The first-order valence-electron chi connectivity index (χ1n) is 4.29. The van der Waals surface area contributed by atoms with Crippen LogP contribution in [0.15, 0.2) is 11.6 Å². The van der Waals surface area contributed by atoms with Crippen LogP contribution in [0.2, 0.25) is 0 Å². The highest BCUT2D eigenvalue weighted by Gasteiger charge is 2.31. The van der Waals surface area contributed by atoms with Crippen LogP contribution in [0, 0.1) is 5.92 Å². The van der Waals surface area contributed by atoms with Crippen LogP contribution in [-0.4, -0.2) is 10.5 Å². The number of nitrogens with zero attached hydrogens (tertiary/aromatic N) is 2. The Morgan fingerprint density at radius 1 is 1.55 bits per heavy atom. The molecule has 58 valence electrons. The van der Waals surface area contributed by atoms with Gasteiger partial charge in [0.25, 0.3) is 5.71 Å². The molecule has 1 saturated carbocycles. The van der Waals surface area contributed by atoms with Crippen molar-refractivity contribution >= 4 is 5.71 Å². The van der Waals surface area contributed by atoms with Crippen molar-refractivity contribution in [2.24, 2.45) is 5.92 Å². The highest BCUT2D eigenvalue weighted by Crippen LogP contribution is 2.35. The van der Waals surface area contributed by atoms with Crippen molar-refractivity contribution in [2.75, 3.05) is 0 Å². The van der Waals surface area contributed by atoms with Gasteiger partial charge in [0.1, 0.15) is 0 Å². The zero-order valence-corrected chi connectivity index (χ0v) is 6.58. The Balaban J connectivity index is 2.23. The molecule has 0 amide bonds. The molecule has 2 nitrogen and oxygen atoms in total. The van der Waals surface area contributed by atoms with E-state index in [4.69, 9.17) is 5.53 Å². The molecule has 1 atom stereocenters. The molecule has 0 aromatic carbocycles. The molecule has 2 rings (SSSR count). The van der Waals surface area contributed by atoms with E-state index >= 15 is 0 Å². The second kappa shape index (κ2) is 2.63. The topological polar surface area (TPSA) is 36.4 Å². The minimum Gasteiger partial charge on any atom is -0.362 e. The molecule has 0 aromatic heterocycles. The van der Waals surface area contributed by atoms with E-state index in [-0.39, 0.29) is 0 Å². The molecule has 2 heteroatoms. The van der Waals surface area contributed by atoms with E-state index in [1.54, 1.807) is 0 Å². The van der Waals surface area contributed by atoms with Gasteiger partial charge in [0.2, 0.25) is 0 Å². The molecule has 0 saturated heterocycles. The summed E-state index contributed by atoms with van der Waals surface area (Å²) in [6, 6.07) is 0. The van der Waals surface area contributed by atoms with Gasteiger partial charge in [-0.05, 0) is 25.2 Å². The standard InChI is InChI=1S/C9H12N2/c10-11-9-5-7-3-1-2-4-8(7)6-9/h3,8H,1-2,4-6H2. The van der Waals surface area contributed by atoms with Gasteiger partial charge in [0, 0.05) is 0 Å². The first-order chi connectivity index (χ1) is 5.40. The van der Waals surface area contributed by atoms with Gasteiger partial charge in [-0.25, -0.2) is 0 Å². The minimum atomic E-state index is 0.717. The Kier molecular flexibility index (Phi) is 1.63. The average molecular weight is 148 g/mol. The van der Waals surface area contributed by atoms with Crippen molar-refractivity contribution in [1.82, 2.24) is 0 Å². The molecule has 1 unspecified atom stereocenters. The van der Waals surface area contributed by atoms with Gasteiger partial charge in [-0.1, -0.05) is 11.6 Å². The predicted octanol–water partition coefficient (Wildman–Crippen LogP) is 2.18. The quantitative estimate of drug-likeness (QED) is 0.287. The summed E-state index contributed by atoms with van der Waals surface area (Å²) in [5.41, 5.74) is 11.1. The molecule has 0 heterocycles. The van der Waals surface area contributed by atoms with Crippen molar-refractivity contribution in [1.29, 1.82) is 0 Å². The van der Waals surface area contributed by atoms with E-state index in [0.29, 0.717) is 0 Å². The Bertz CT molecular complexity index is 246. The zero-order chi connectivity index (χ0) is 7.68. The third kappa shape index (κ3) is 1.14. The summed E-state index contributed by atoms with van der Waals surface area (Å²) in [4.78, 5) is 3.29. The smallest absolute Gasteiger partial charge is 0.273 e. The van der Waals surface area contributed by atoms with E-state index in [1.807, 2.05) is 0 Å². The summed E-state index contributed by atoms with van der Waals surface area (Å²) in [5, 5.41) is 0. The van der Waals surface area contributed by atoms with Gasteiger partial charge in [-0.2, -0.15) is 4.79 Å². The van der Waals surface area contributed by atoms with E-state index < -0.39 is 0 Å². The molecular formula is C9H12N2. The summed E-state index contributed by atoms with van der Waals surface area (Å²) in [6.45, 7) is 0. The molecular weight excluding hydrogens is 136 g/mol. The second-order valence-electron chi connectivity index (χ2n) is 3.45. The minimum absolute atomic E-state index is 0.717. The van der Waals surface area contributed by atoms with Crippen molar-refractivity contribution in [3.63, 3.8) is 0 Å². The number of hydrogen-bond acceptors (Lipinski definition) is 0. The summed E-state index contributed by atoms with van der Waals surface area (Å²) in [5.74, 6) is 0.717. The molecule has 2 aliphatic rings. The predicted molar refractivity (Wildman–Crippen MR) is 43.3 cm³/mol. The van der Waals surface area contributed by atoms with Crippen molar-refractivity contribution in [3.8, 4) is 0 Å². The molecule has 0 bridgehead atoms. The maximum Gasteiger partial charge on any atom is 0.273 e. The van der Waals surface area contributed by atoms with Gasteiger partial charge in [-0.3, -0.25) is 0 Å². The van der Waals surface area contributed by atoms with Gasteiger partial charge in [0.15, 0.2) is 0 Å². The Hall–Kier alpha value is -0.880. The van der Waals surface area contributed by atoms with Crippen LogP contribution in [0.3, 0.4) is 0 Å². The lowest BCUT2D eigenvalue weighted by molar-refractivity contribution is -0.00940. The van der Waals surface area contributed by atoms with Crippen molar-refractivity contribution in [2.45, 2.75) is 32.1 Å². The molecule has 1 fully saturated rings. The van der Waals surface area contributed by atoms with Crippen LogP contribution in [0.1, 0.15) is 32.1 Å². The highest BCUT2D eigenvalue weighted by molar-refractivity contribution is 5.85. The van der Waals surface area contributed by atoms with E-state index in [0.717, 1.165) is 24.5 Å². The lowest BCUT2D eigenvalue weighted by Gasteiger charge is -2.14. The van der Waals surface area contributed by atoms with Crippen LogP contribution in [0.5, 0.6) is 0 Å². The van der Waals surface area contributed by atoms with Crippen LogP contribution in [0.4, 0.5) is 0 Å². The average Bonchev–Trinajstić information content (AvgIpc) is 2.46. The van der Waals surface area contributed by atoms with E-state index in [9.17, 15) is 0 Å². The molecule has 0 aliphatic heterocycles. The molecule has 0 spiro atoms. The molecule has 0 aromatic rings. The lowest BCUT2D eigenvalue weighted by Crippen LogP contribution is -2.01. The van der Waals surface area contributed by atoms with Crippen molar-refractivity contribution < 1.29 is 4.79 Å². The fourth-order valence-electron chi connectivity index (χ4n) is 2.12. The number of rotatable bonds is 0. The third-order valence-electron chi connectivity index (χ3n) is 2.72. The third-order valence-corrected chi connectivity index (χ3v) is 2.72. The van der Waals surface area contributed by atoms with Gasteiger partial charge < -0.3 is 5.53 Å². The van der Waals surface area contributed by atoms with Crippen LogP contribution in [-0.2, 0) is 0 Å². The van der Waals surface area contributed by atoms with Crippen LogP contribution < -0.4 is 0 Å². The molecule has 0 radical (unpaired) electrons. The summed E-state index contributed by atoms with van der Waals surface area (Å²) >= 11 is 0. The zero-order valence-electron chi connectivity index (χ0n) is 6.58. The largest absolute Gasteiger partial charge is 0.362 e. The SMILES string of the molecule is [N-]=[N+]=C1CC2=CCCCC2C1. The first-order valence-corrected chi connectivity index (χ1v) is 4.29. The maximum absolute atomic E-state index is 8.57. The first kappa shape index (κ1) is 6.81. The van der Waals surface area contributed by atoms with Gasteiger partial charge in [-0.15, -0.1) is 0 Å². The number of hydrogen-bond donors (Lipinski definition) is 0. The van der Waals surface area contributed by atoms with E-state index in [1.165, 1.54) is 24.8 Å². The summed E-state index contributed by atoms with van der Waals surface area (Å²) in [7, 11) is 0. The van der Waals surface area contributed by atoms with Crippen molar-refractivity contribution in [3.05, 3.63) is 17.2 Å². The monoisotopic (exact) mass is 148 g/mol. The molecule has 0 N–H and O–H groups in total. The Morgan fingerprint density at radius 3 is 3.18 bits per heavy atom. The molecule has 11 heavy (non-hydrogen) atoms. The lowest BCUT2D eigenvalue weighted by atomic mass is 9.90. The maximum atomic E-state index is 8.57. The fourth-order valence-corrected chi connectivity index (χ4v) is 2.12. The Labute approximate surface area is 66.5 Å². The van der Waals surface area contributed by atoms with E-state index in [2.05, 4.69) is 10.9 Å². The second-order valence-corrected chi connectivity index (χ2v) is 3.45. The normalized spacial score (nSPS) is 29.3.